The number of rotatable bonds is 2. The second-order valence-electron chi connectivity index (χ2n) is 5.00. The molecule has 3 rings (SSSR count). The summed E-state index contributed by atoms with van der Waals surface area (Å²) in [5.41, 5.74) is 2.25. The zero-order chi connectivity index (χ0) is 14.4. The highest BCUT2D eigenvalue weighted by Crippen LogP contribution is 2.36. The first-order chi connectivity index (χ1) is 9.56. The Balaban J connectivity index is 2.02. The fourth-order valence-corrected chi connectivity index (χ4v) is 3.13. The van der Waals surface area contributed by atoms with Crippen molar-refractivity contribution in [2.45, 2.75) is 19.0 Å². The molecule has 1 amide bonds. The molecule has 1 fully saturated rings. The minimum Gasteiger partial charge on any atom is -0.493 e. The van der Waals surface area contributed by atoms with Crippen LogP contribution in [0.4, 0.5) is 0 Å². The summed E-state index contributed by atoms with van der Waals surface area (Å²) < 4.78 is 10.7. The Bertz CT molecular complexity index is 551. The van der Waals surface area contributed by atoms with Crippen LogP contribution in [0.1, 0.15) is 11.1 Å². The third-order valence-corrected chi connectivity index (χ3v) is 4.49. The van der Waals surface area contributed by atoms with E-state index in [1.54, 1.807) is 26.2 Å². The number of thiocarbonyl (C=S) groups is 1. The van der Waals surface area contributed by atoms with Gasteiger partial charge in [-0.15, -0.1) is 0 Å². The van der Waals surface area contributed by atoms with Gasteiger partial charge in [-0.25, -0.2) is 0 Å². The number of carbonyl (C=O) groups is 1. The van der Waals surface area contributed by atoms with Gasteiger partial charge in [-0.2, -0.15) is 0 Å². The van der Waals surface area contributed by atoms with Gasteiger partial charge < -0.3 is 14.4 Å². The Kier molecular flexibility index (Phi) is 3.05. The van der Waals surface area contributed by atoms with E-state index in [1.165, 1.54) is 0 Å². The molecule has 5 nitrogen and oxygen atoms in total. The van der Waals surface area contributed by atoms with Gasteiger partial charge in [0, 0.05) is 20.0 Å². The predicted molar refractivity (Wildman–Crippen MR) is 77.9 cm³/mol. The number of ether oxygens (including phenoxy) is 2. The second kappa shape index (κ2) is 4.63. The quantitative estimate of drug-likeness (QED) is 0.766. The van der Waals surface area contributed by atoms with Crippen molar-refractivity contribution < 1.29 is 14.3 Å². The summed E-state index contributed by atoms with van der Waals surface area (Å²) in [5, 5.41) is 0.598. The summed E-state index contributed by atoms with van der Waals surface area (Å²) in [5.74, 6) is 1.46. The van der Waals surface area contributed by atoms with Crippen molar-refractivity contribution in [2.75, 3.05) is 21.3 Å². The van der Waals surface area contributed by atoms with Crippen molar-refractivity contribution in [3.8, 4) is 11.5 Å². The van der Waals surface area contributed by atoms with Crippen LogP contribution in [-0.2, 0) is 17.8 Å². The molecule has 0 saturated carbocycles. The fourth-order valence-electron chi connectivity index (χ4n) is 2.84. The summed E-state index contributed by atoms with van der Waals surface area (Å²) in [7, 11) is 4.96. The lowest BCUT2D eigenvalue weighted by Crippen LogP contribution is -2.40. The monoisotopic (exact) mass is 292 g/mol. The van der Waals surface area contributed by atoms with Gasteiger partial charge in [0.2, 0.25) is 0 Å². The van der Waals surface area contributed by atoms with Crippen LogP contribution in [0.25, 0.3) is 0 Å². The molecule has 0 N–H and O–H groups in total. The van der Waals surface area contributed by atoms with E-state index in [4.69, 9.17) is 21.7 Å². The maximum Gasteiger partial charge on any atom is 0.251 e. The molecular weight excluding hydrogens is 276 g/mol. The van der Waals surface area contributed by atoms with Gasteiger partial charge >= 0.3 is 0 Å². The number of methoxy groups -OCH3 is 2. The van der Waals surface area contributed by atoms with Crippen LogP contribution in [0.3, 0.4) is 0 Å². The van der Waals surface area contributed by atoms with Crippen molar-refractivity contribution in [1.82, 2.24) is 9.80 Å². The number of likely N-dealkylation sites (N-methyl/N-ethyl adjacent to an activating group) is 1. The summed E-state index contributed by atoms with van der Waals surface area (Å²) in [6, 6.07) is 3.74. The van der Waals surface area contributed by atoms with E-state index in [-0.39, 0.29) is 11.9 Å². The molecule has 20 heavy (non-hydrogen) atoms. The third kappa shape index (κ3) is 1.75. The first-order valence-electron chi connectivity index (χ1n) is 6.38. The number of amides is 1. The third-order valence-electron chi connectivity index (χ3n) is 3.98. The van der Waals surface area contributed by atoms with Crippen LogP contribution in [0.15, 0.2) is 12.1 Å². The van der Waals surface area contributed by atoms with Gasteiger partial charge in [0.05, 0.1) is 14.2 Å². The summed E-state index contributed by atoms with van der Waals surface area (Å²) in [4.78, 5) is 15.7. The molecule has 1 aromatic carbocycles. The van der Waals surface area contributed by atoms with Crippen molar-refractivity contribution in [3.05, 3.63) is 23.3 Å². The average molecular weight is 292 g/mol. The van der Waals surface area contributed by atoms with Crippen LogP contribution < -0.4 is 9.47 Å². The Morgan fingerprint density at radius 3 is 2.40 bits per heavy atom. The molecule has 0 radical (unpaired) electrons. The second-order valence-corrected chi connectivity index (χ2v) is 5.37. The molecule has 6 heteroatoms. The fraction of sp³-hybridized carbons (Fsp3) is 0.429. The molecule has 106 valence electrons. The number of fused-ring (bicyclic) bond motifs is 2. The molecule has 1 aromatic rings. The van der Waals surface area contributed by atoms with Gasteiger partial charge in [-0.1, -0.05) is 0 Å². The van der Waals surface area contributed by atoms with Gasteiger partial charge in [0.1, 0.15) is 6.04 Å². The minimum absolute atomic E-state index is 0.0652. The largest absolute Gasteiger partial charge is 0.493 e. The SMILES string of the molecule is COc1cc2c(cc1OC)CN1C(=S)N(C)C(=O)[C@@H]1C2. The summed E-state index contributed by atoms with van der Waals surface area (Å²) >= 11 is 5.33. The van der Waals surface area contributed by atoms with Crippen LogP contribution in [0.2, 0.25) is 0 Å². The first kappa shape index (κ1) is 13.2. The van der Waals surface area contributed by atoms with E-state index in [9.17, 15) is 4.79 Å². The van der Waals surface area contributed by atoms with Crippen molar-refractivity contribution in [1.29, 1.82) is 0 Å². The summed E-state index contributed by atoms with van der Waals surface area (Å²) in [6.45, 7) is 0.634. The molecule has 0 bridgehead atoms. The highest BCUT2D eigenvalue weighted by Gasteiger charge is 2.43. The minimum atomic E-state index is -0.182. The van der Waals surface area contributed by atoms with Crippen LogP contribution >= 0.6 is 12.2 Å². The molecule has 2 aliphatic rings. The standard InChI is InChI=1S/C14H16N2O3S/c1-15-13(17)10-4-8-5-11(18-2)12(19-3)6-9(8)7-16(10)14(15)20/h5-6,10H,4,7H2,1-3H3/t10-/m0/s1. The highest BCUT2D eigenvalue weighted by molar-refractivity contribution is 7.80. The Labute approximate surface area is 123 Å². The molecular formula is C14H16N2O3S. The lowest BCUT2D eigenvalue weighted by Gasteiger charge is -2.30. The maximum absolute atomic E-state index is 12.2. The van der Waals surface area contributed by atoms with Gasteiger partial charge in [-0.05, 0) is 35.5 Å². The first-order valence-corrected chi connectivity index (χ1v) is 6.79. The Morgan fingerprint density at radius 2 is 1.80 bits per heavy atom. The highest BCUT2D eigenvalue weighted by atomic mass is 32.1. The maximum atomic E-state index is 12.2. The van der Waals surface area contributed by atoms with Gasteiger partial charge in [-0.3, -0.25) is 9.69 Å². The van der Waals surface area contributed by atoms with E-state index < -0.39 is 0 Å². The molecule has 0 aromatic heterocycles. The van der Waals surface area contributed by atoms with Crippen LogP contribution in [0, 0.1) is 0 Å². The molecule has 0 unspecified atom stereocenters. The van der Waals surface area contributed by atoms with E-state index in [0.29, 0.717) is 29.6 Å². The lowest BCUT2D eigenvalue weighted by molar-refractivity contribution is -0.127. The Morgan fingerprint density at radius 1 is 1.20 bits per heavy atom. The number of nitrogens with zero attached hydrogens (tertiary/aromatic N) is 2. The van der Waals surface area contributed by atoms with Gasteiger partial charge in [0.15, 0.2) is 16.6 Å². The zero-order valence-electron chi connectivity index (χ0n) is 11.7. The average Bonchev–Trinajstić information content (AvgIpc) is 2.68. The predicted octanol–water partition coefficient (Wildman–Crippen LogP) is 1.19. The zero-order valence-corrected chi connectivity index (χ0v) is 12.5. The molecule has 0 spiro atoms. The number of hydrogen-bond donors (Lipinski definition) is 0. The number of benzene rings is 1. The van der Waals surface area contributed by atoms with Crippen LogP contribution in [-0.4, -0.2) is 48.1 Å². The van der Waals surface area contributed by atoms with E-state index in [0.717, 1.165) is 11.1 Å². The van der Waals surface area contributed by atoms with Crippen LogP contribution in [0.5, 0.6) is 11.5 Å². The number of hydrogen-bond acceptors (Lipinski definition) is 4. The normalized spacial score (nSPS) is 20.9. The van der Waals surface area contributed by atoms with Crippen molar-refractivity contribution in [2.24, 2.45) is 0 Å². The molecule has 2 aliphatic heterocycles. The molecule has 0 aliphatic carbocycles. The Hall–Kier alpha value is -1.82. The van der Waals surface area contributed by atoms with Gasteiger partial charge in [0.25, 0.3) is 5.91 Å². The molecule has 2 heterocycles. The topological polar surface area (TPSA) is 42.0 Å². The summed E-state index contributed by atoms with van der Waals surface area (Å²) in [6.07, 6.45) is 0.652. The number of carbonyl (C=O) groups excluding carboxylic acids is 1. The lowest BCUT2D eigenvalue weighted by atomic mass is 9.94. The van der Waals surface area contributed by atoms with E-state index in [2.05, 4.69) is 0 Å². The van der Waals surface area contributed by atoms with E-state index in [1.807, 2.05) is 17.0 Å². The van der Waals surface area contributed by atoms with E-state index >= 15 is 0 Å². The van der Waals surface area contributed by atoms with Crippen molar-refractivity contribution in [3.63, 3.8) is 0 Å². The molecule has 1 saturated heterocycles. The van der Waals surface area contributed by atoms with Crippen molar-refractivity contribution >= 4 is 23.2 Å². The smallest absolute Gasteiger partial charge is 0.251 e. The molecule has 1 atom stereocenters.